The molecule has 0 bridgehead atoms. The van der Waals surface area contributed by atoms with E-state index in [0.29, 0.717) is 6.04 Å². The summed E-state index contributed by atoms with van der Waals surface area (Å²) >= 11 is 0. The zero-order valence-electron chi connectivity index (χ0n) is 11.8. The van der Waals surface area contributed by atoms with Crippen molar-refractivity contribution >= 4 is 5.95 Å². The van der Waals surface area contributed by atoms with Gasteiger partial charge in [-0.25, -0.2) is 4.98 Å². The monoisotopic (exact) mass is 238 g/mol. The second kappa shape index (κ2) is 6.64. The topological polar surface area (TPSA) is 33.1 Å². The summed E-state index contributed by atoms with van der Waals surface area (Å²) in [7, 11) is 4.20. The lowest BCUT2D eigenvalue weighted by molar-refractivity contribution is 0.325. The molecule has 0 fully saturated rings. The molecule has 4 nitrogen and oxygen atoms in total. The molecule has 1 aromatic rings. The molecule has 0 aliphatic heterocycles. The van der Waals surface area contributed by atoms with Crippen molar-refractivity contribution in [3.63, 3.8) is 0 Å². The second-order valence-corrected chi connectivity index (χ2v) is 4.95. The van der Waals surface area contributed by atoms with Crippen LogP contribution in [0, 0.1) is 6.92 Å². The van der Waals surface area contributed by atoms with Crippen molar-refractivity contribution in [2.45, 2.75) is 46.2 Å². The van der Waals surface area contributed by atoms with Crippen LogP contribution in [0.25, 0.3) is 0 Å². The van der Waals surface area contributed by atoms with Gasteiger partial charge in [-0.1, -0.05) is 13.3 Å². The number of nitrogens with one attached hydrogen (secondary N) is 1. The van der Waals surface area contributed by atoms with Gasteiger partial charge in [0.1, 0.15) is 0 Å². The molecule has 0 aliphatic rings. The Hall–Kier alpha value is -1.03. The van der Waals surface area contributed by atoms with Crippen LogP contribution < -0.4 is 5.32 Å². The predicted molar refractivity (Wildman–Crippen MR) is 73.5 cm³/mol. The number of aromatic nitrogens is 2. The van der Waals surface area contributed by atoms with Gasteiger partial charge in [-0.3, -0.25) is 0 Å². The van der Waals surface area contributed by atoms with Crippen LogP contribution in [0.15, 0.2) is 6.20 Å². The van der Waals surface area contributed by atoms with E-state index in [2.05, 4.69) is 53.9 Å². The van der Waals surface area contributed by atoms with Gasteiger partial charge in [-0.15, -0.1) is 0 Å². The summed E-state index contributed by atoms with van der Waals surface area (Å²) in [6.07, 6.45) is 4.54. The summed E-state index contributed by atoms with van der Waals surface area (Å²) in [5, 5.41) is 3.43. The van der Waals surface area contributed by atoms with E-state index in [9.17, 15) is 0 Å². The zero-order chi connectivity index (χ0) is 12.8. The minimum Gasteiger partial charge on any atom is -0.354 e. The smallest absolute Gasteiger partial charge is 0.203 e. The van der Waals surface area contributed by atoms with Crippen LogP contribution in [0.2, 0.25) is 0 Å². The van der Waals surface area contributed by atoms with Crippen molar-refractivity contribution in [1.29, 1.82) is 0 Å². The van der Waals surface area contributed by atoms with Crippen molar-refractivity contribution in [1.82, 2.24) is 14.5 Å². The van der Waals surface area contributed by atoms with Gasteiger partial charge in [-0.05, 0) is 34.4 Å². The lowest BCUT2D eigenvalue weighted by atomic mass is 10.3. The highest BCUT2D eigenvalue weighted by atomic mass is 15.2. The van der Waals surface area contributed by atoms with E-state index < -0.39 is 0 Å². The molecule has 0 amide bonds. The van der Waals surface area contributed by atoms with Gasteiger partial charge in [0.25, 0.3) is 0 Å². The van der Waals surface area contributed by atoms with Gasteiger partial charge in [0.05, 0.1) is 5.69 Å². The van der Waals surface area contributed by atoms with Crippen LogP contribution in [-0.2, 0) is 6.54 Å². The quantitative estimate of drug-likeness (QED) is 0.791. The van der Waals surface area contributed by atoms with E-state index in [-0.39, 0.29) is 0 Å². The average molecular weight is 238 g/mol. The lowest BCUT2D eigenvalue weighted by Gasteiger charge is -2.20. The highest BCUT2D eigenvalue weighted by Gasteiger charge is 2.08. The Morgan fingerprint density at radius 2 is 2.18 bits per heavy atom. The predicted octanol–water partition coefficient (Wildman–Crippen LogP) is 2.35. The Bertz CT molecular complexity index is 330. The first kappa shape index (κ1) is 14.0. The maximum atomic E-state index is 4.53. The molecule has 0 radical (unpaired) electrons. The number of hydrogen-bond acceptors (Lipinski definition) is 3. The molecular formula is C13H26N4. The Kier molecular flexibility index (Phi) is 5.48. The van der Waals surface area contributed by atoms with Crippen molar-refractivity contribution in [3.8, 4) is 0 Å². The number of hydrogen-bond donors (Lipinski definition) is 1. The van der Waals surface area contributed by atoms with Gasteiger partial charge in [-0.2, -0.15) is 0 Å². The molecule has 17 heavy (non-hydrogen) atoms. The summed E-state index contributed by atoms with van der Waals surface area (Å²) < 4.78 is 2.22. The van der Waals surface area contributed by atoms with Crippen LogP contribution in [0.1, 0.15) is 32.4 Å². The molecule has 1 atom stereocenters. The first-order chi connectivity index (χ1) is 8.04. The molecule has 1 heterocycles. The molecule has 1 aromatic heterocycles. The zero-order valence-corrected chi connectivity index (χ0v) is 11.8. The third-order valence-electron chi connectivity index (χ3n) is 3.09. The molecule has 1 rings (SSSR count). The van der Waals surface area contributed by atoms with Gasteiger partial charge < -0.3 is 14.8 Å². The third-order valence-corrected chi connectivity index (χ3v) is 3.09. The van der Waals surface area contributed by atoms with E-state index >= 15 is 0 Å². The molecule has 1 N–H and O–H groups in total. The number of aryl methyl sites for hydroxylation is 2. The van der Waals surface area contributed by atoms with Gasteiger partial charge in [0.15, 0.2) is 0 Å². The van der Waals surface area contributed by atoms with E-state index in [1.165, 1.54) is 12.8 Å². The summed E-state index contributed by atoms with van der Waals surface area (Å²) in [5.41, 5.74) is 1.08. The fourth-order valence-electron chi connectivity index (χ4n) is 1.61. The minimum atomic E-state index is 0.506. The molecule has 0 saturated heterocycles. The van der Waals surface area contributed by atoms with Crippen LogP contribution >= 0.6 is 0 Å². The number of nitrogens with zero attached hydrogens (tertiary/aromatic N) is 3. The standard InChI is InChI=1S/C13H26N4/c1-6-7-8-17-10-11(2)15-13(17)14-9-12(3)16(4)5/h10,12H,6-9H2,1-5H3,(H,14,15). The number of imidazole rings is 1. The first-order valence-electron chi connectivity index (χ1n) is 6.48. The van der Waals surface area contributed by atoms with E-state index in [4.69, 9.17) is 0 Å². The van der Waals surface area contributed by atoms with Crippen molar-refractivity contribution in [2.75, 3.05) is 26.0 Å². The maximum Gasteiger partial charge on any atom is 0.203 e. The van der Waals surface area contributed by atoms with Crippen LogP contribution in [0.3, 0.4) is 0 Å². The number of rotatable bonds is 7. The molecular weight excluding hydrogens is 212 g/mol. The van der Waals surface area contributed by atoms with Crippen molar-refractivity contribution in [3.05, 3.63) is 11.9 Å². The SMILES string of the molecule is CCCCn1cc(C)nc1NCC(C)N(C)C. The normalized spacial score (nSPS) is 13.1. The summed E-state index contributed by atoms with van der Waals surface area (Å²) in [6, 6.07) is 0.506. The Morgan fingerprint density at radius 3 is 2.76 bits per heavy atom. The Balaban J connectivity index is 2.57. The molecule has 4 heteroatoms. The molecule has 0 aliphatic carbocycles. The minimum absolute atomic E-state index is 0.506. The number of likely N-dealkylation sites (N-methyl/N-ethyl adjacent to an activating group) is 1. The number of anilines is 1. The first-order valence-corrected chi connectivity index (χ1v) is 6.48. The van der Waals surface area contributed by atoms with Crippen molar-refractivity contribution in [2.24, 2.45) is 0 Å². The number of unbranched alkanes of at least 4 members (excludes halogenated alkanes) is 1. The molecule has 98 valence electrons. The summed E-state index contributed by atoms with van der Waals surface area (Å²) in [5.74, 6) is 1.00. The fraction of sp³-hybridized carbons (Fsp3) is 0.769. The average Bonchev–Trinajstić information content (AvgIpc) is 2.63. The largest absolute Gasteiger partial charge is 0.354 e. The van der Waals surface area contributed by atoms with E-state index in [1.54, 1.807) is 0 Å². The molecule has 0 spiro atoms. The van der Waals surface area contributed by atoms with Gasteiger partial charge >= 0.3 is 0 Å². The van der Waals surface area contributed by atoms with Crippen LogP contribution in [-0.4, -0.2) is 41.1 Å². The van der Waals surface area contributed by atoms with E-state index in [0.717, 1.165) is 24.7 Å². The fourth-order valence-corrected chi connectivity index (χ4v) is 1.61. The van der Waals surface area contributed by atoms with Crippen molar-refractivity contribution < 1.29 is 0 Å². The Morgan fingerprint density at radius 1 is 1.47 bits per heavy atom. The maximum absolute atomic E-state index is 4.53. The second-order valence-electron chi connectivity index (χ2n) is 4.95. The van der Waals surface area contributed by atoms with Gasteiger partial charge in [0, 0.05) is 25.3 Å². The lowest BCUT2D eigenvalue weighted by Crippen LogP contribution is -2.32. The molecule has 1 unspecified atom stereocenters. The highest BCUT2D eigenvalue weighted by Crippen LogP contribution is 2.10. The van der Waals surface area contributed by atoms with Crippen LogP contribution in [0.4, 0.5) is 5.95 Å². The third kappa shape index (κ3) is 4.38. The van der Waals surface area contributed by atoms with Crippen LogP contribution in [0.5, 0.6) is 0 Å². The summed E-state index contributed by atoms with van der Waals surface area (Å²) in [4.78, 5) is 6.74. The van der Waals surface area contributed by atoms with Gasteiger partial charge in [0.2, 0.25) is 5.95 Å². The molecule has 0 aromatic carbocycles. The molecule has 0 saturated carbocycles. The summed E-state index contributed by atoms with van der Waals surface area (Å²) in [6.45, 7) is 8.44. The van der Waals surface area contributed by atoms with E-state index in [1.807, 2.05) is 6.92 Å². The Labute approximate surface area is 105 Å². The highest BCUT2D eigenvalue weighted by molar-refractivity contribution is 5.28.